The number of anilines is 1. The summed E-state index contributed by atoms with van der Waals surface area (Å²) >= 11 is 6.05. The Kier molecular flexibility index (Phi) is 6.47. The van der Waals surface area contributed by atoms with Crippen molar-refractivity contribution in [3.63, 3.8) is 0 Å². The van der Waals surface area contributed by atoms with Gasteiger partial charge in [-0.25, -0.2) is 9.97 Å². The topological polar surface area (TPSA) is 49.3 Å². The van der Waals surface area contributed by atoms with Gasteiger partial charge in [0.2, 0.25) is 5.91 Å². The third-order valence-corrected chi connectivity index (χ3v) is 5.57. The summed E-state index contributed by atoms with van der Waals surface area (Å²) in [6, 6.07) is 7.97. The maximum atomic E-state index is 12.6. The minimum Gasteiger partial charge on any atom is -0.353 e. The van der Waals surface area contributed by atoms with E-state index in [1.165, 1.54) is 11.1 Å². The molecule has 0 radical (unpaired) electrons. The molecule has 2 aromatic rings. The maximum Gasteiger partial charge on any atom is 0.228 e. The number of nitrogens with zero attached hydrogens (tertiary/aromatic N) is 4. The lowest BCUT2D eigenvalue weighted by atomic mass is 9.94. The van der Waals surface area contributed by atoms with E-state index < -0.39 is 0 Å². The number of hydrogen-bond donors (Lipinski definition) is 0. The summed E-state index contributed by atoms with van der Waals surface area (Å²) in [6.07, 6.45) is 1.64. The molecule has 1 saturated heterocycles. The van der Waals surface area contributed by atoms with E-state index >= 15 is 0 Å². The van der Waals surface area contributed by atoms with E-state index in [0.29, 0.717) is 0 Å². The zero-order valence-corrected chi connectivity index (χ0v) is 18.9. The van der Waals surface area contributed by atoms with Crippen LogP contribution in [0, 0.1) is 12.3 Å². The van der Waals surface area contributed by atoms with Crippen molar-refractivity contribution in [3.05, 3.63) is 51.9 Å². The number of carbonyl (C=O) groups excluding carboxylic acids is 1. The van der Waals surface area contributed by atoms with Gasteiger partial charge in [0.25, 0.3) is 0 Å². The molecule has 1 aromatic carbocycles. The van der Waals surface area contributed by atoms with Gasteiger partial charge in [-0.05, 0) is 31.0 Å². The van der Waals surface area contributed by atoms with Crippen LogP contribution in [-0.2, 0) is 17.6 Å². The second-order valence-electron chi connectivity index (χ2n) is 8.71. The van der Waals surface area contributed by atoms with Gasteiger partial charge in [0.15, 0.2) is 0 Å². The summed E-state index contributed by atoms with van der Waals surface area (Å²) in [5.41, 5.74) is 3.12. The minimum absolute atomic E-state index is 0.214. The number of piperazine rings is 1. The summed E-state index contributed by atoms with van der Waals surface area (Å²) < 4.78 is 0. The van der Waals surface area contributed by atoms with Crippen LogP contribution in [0.25, 0.3) is 0 Å². The smallest absolute Gasteiger partial charge is 0.228 e. The van der Waals surface area contributed by atoms with Crippen molar-refractivity contribution in [2.24, 2.45) is 5.41 Å². The van der Waals surface area contributed by atoms with Crippen LogP contribution >= 0.6 is 11.6 Å². The van der Waals surface area contributed by atoms with Gasteiger partial charge in [0.1, 0.15) is 11.6 Å². The summed E-state index contributed by atoms with van der Waals surface area (Å²) in [4.78, 5) is 26.4. The lowest BCUT2D eigenvalue weighted by Crippen LogP contribution is -2.52. The number of benzene rings is 1. The molecule has 1 amide bonds. The lowest BCUT2D eigenvalue weighted by Gasteiger charge is -2.39. The average Bonchev–Trinajstić information content (AvgIpc) is 2.69. The highest BCUT2D eigenvalue weighted by Crippen LogP contribution is 2.27. The molecule has 0 unspecified atom stereocenters. The molecule has 1 aromatic heterocycles. The molecule has 0 aliphatic carbocycles. The largest absolute Gasteiger partial charge is 0.353 e. The van der Waals surface area contributed by atoms with Crippen LogP contribution in [-0.4, -0.2) is 47.0 Å². The Labute approximate surface area is 179 Å². The number of hydrogen-bond acceptors (Lipinski definition) is 4. The zero-order chi connectivity index (χ0) is 21.2. The summed E-state index contributed by atoms with van der Waals surface area (Å²) in [5.74, 6) is 2.02. The Morgan fingerprint density at radius 2 is 1.69 bits per heavy atom. The van der Waals surface area contributed by atoms with E-state index in [9.17, 15) is 4.79 Å². The lowest BCUT2D eigenvalue weighted by molar-refractivity contribution is -0.139. The van der Waals surface area contributed by atoms with Crippen molar-refractivity contribution in [3.8, 4) is 0 Å². The third-order valence-electron chi connectivity index (χ3n) is 5.32. The van der Waals surface area contributed by atoms with Gasteiger partial charge in [-0.1, -0.05) is 51.4 Å². The Morgan fingerprint density at radius 1 is 1.07 bits per heavy atom. The number of aromatic nitrogens is 2. The summed E-state index contributed by atoms with van der Waals surface area (Å²) in [5, 5.41) is 0.740. The molecular weight excluding hydrogens is 384 g/mol. The van der Waals surface area contributed by atoms with Gasteiger partial charge in [-0.15, -0.1) is 0 Å². The molecule has 6 heteroatoms. The Balaban J connectivity index is 1.86. The van der Waals surface area contributed by atoms with Gasteiger partial charge < -0.3 is 9.80 Å². The number of aryl methyl sites for hydroxylation is 2. The molecule has 1 fully saturated rings. The van der Waals surface area contributed by atoms with Crippen molar-refractivity contribution >= 4 is 23.3 Å². The zero-order valence-electron chi connectivity index (χ0n) is 18.1. The van der Waals surface area contributed by atoms with Gasteiger partial charge in [0.05, 0.1) is 0 Å². The highest BCUT2D eigenvalue weighted by Gasteiger charge is 2.31. The summed E-state index contributed by atoms with van der Waals surface area (Å²) in [6.45, 7) is 13.0. The number of amides is 1. The number of halogens is 1. The third kappa shape index (κ3) is 5.08. The second kappa shape index (κ2) is 8.70. The van der Waals surface area contributed by atoms with Gasteiger partial charge in [-0.3, -0.25) is 4.79 Å². The molecule has 0 spiro atoms. The standard InChI is InChI=1S/C23H31ClN4O/c1-6-20-19(15-17-7-9-18(24)10-8-17)21(26-16(2)25-20)27-11-13-28(14-12-27)22(29)23(3,4)5/h7-10H,6,11-15H2,1-5H3. The Morgan fingerprint density at radius 3 is 2.24 bits per heavy atom. The first-order valence-electron chi connectivity index (χ1n) is 10.3. The fourth-order valence-electron chi connectivity index (χ4n) is 3.77. The van der Waals surface area contributed by atoms with Crippen LogP contribution in [0.3, 0.4) is 0 Å². The van der Waals surface area contributed by atoms with Crippen LogP contribution in [0.4, 0.5) is 5.82 Å². The molecule has 156 valence electrons. The molecule has 0 saturated carbocycles. The molecule has 0 bridgehead atoms. The highest BCUT2D eigenvalue weighted by molar-refractivity contribution is 6.30. The first-order valence-corrected chi connectivity index (χ1v) is 10.7. The van der Waals surface area contributed by atoms with Crippen molar-refractivity contribution in [1.29, 1.82) is 0 Å². The fourth-order valence-corrected chi connectivity index (χ4v) is 3.90. The molecule has 0 N–H and O–H groups in total. The first-order chi connectivity index (χ1) is 13.7. The normalized spacial score (nSPS) is 15.0. The van der Waals surface area contributed by atoms with E-state index in [1.807, 2.05) is 44.7 Å². The maximum absolute atomic E-state index is 12.6. The molecule has 5 nitrogen and oxygen atoms in total. The van der Waals surface area contributed by atoms with E-state index in [0.717, 1.165) is 61.4 Å². The molecule has 2 heterocycles. The van der Waals surface area contributed by atoms with Gasteiger partial charge in [-0.2, -0.15) is 0 Å². The first kappa shape index (κ1) is 21.6. The highest BCUT2D eigenvalue weighted by atomic mass is 35.5. The molecule has 1 aliphatic rings. The predicted octanol–water partition coefficient (Wildman–Crippen LogP) is 4.29. The van der Waals surface area contributed by atoms with Crippen LogP contribution in [0.2, 0.25) is 5.02 Å². The van der Waals surface area contributed by atoms with Crippen molar-refractivity contribution in [2.45, 2.75) is 47.5 Å². The molecular formula is C23H31ClN4O. The molecule has 0 atom stereocenters. The van der Waals surface area contributed by atoms with Crippen LogP contribution < -0.4 is 4.90 Å². The fraction of sp³-hybridized carbons (Fsp3) is 0.522. The molecule has 3 rings (SSSR count). The number of carbonyl (C=O) groups is 1. The molecule has 29 heavy (non-hydrogen) atoms. The Hall–Kier alpha value is -2.14. The van der Waals surface area contributed by atoms with Crippen LogP contribution in [0.15, 0.2) is 24.3 Å². The quantitative estimate of drug-likeness (QED) is 0.748. The van der Waals surface area contributed by atoms with Gasteiger partial charge in [0, 0.05) is 54.3 Å². The van der Waals surface area contributed by atoms with Crippen LogP contribution in [0.5, 0.6) is 0 Å². The van der Waals surface area contributed by atoms with Crippen molar-refractivity contribution < 1.29 is 4.79 Å². The Bertz CT molecular complexity index is 866. The summed E-state index contributed by atoms with van der Waals surface area (Å²) in [7, 11) is 0. The minimum atomic E-state index is -0.344. The number of rotatable bonds is 4. The van der Waals surface area contributed by atoms with Crippen molar-refractivity contribution in [2.75, 3.05) is 31.1 Å². The monoisotopic (exact) mass is 414 g/mol. The average molecular weight is 415 g/mol. The van der Waals surface area contributed by atoms with Crippen molar-refractivity contribution in [1.82, 2.24) is 14.9 Å². The van der Waals surface area contributed by atoms with E-state index in [2.05, 4.69) is 24.0 Å². The van der Waals surface area contributed by atoms with E-state index in [1.54, 1.807) is 0 Å². The molecule has 1 aliphatic heterocycles. The van der Waals surface area contributed by atoms with E-state index in [-0.39, 0.29) is 11.3 Å². The second-order valence-corrected chi connectivity index (χ2v) is 9.14. The van der Waals surface area contributed by atoms with E-state index in [4.69, 9.17) is 21.6 Å². The SMILES string of the molecule is CCc1nc(C)nc(N2CCN(C(=O)C(C)(C)C)CC2)c1Cc1ccc(Cl)cc1. The van der Waals surface area contributed by atoms with Crippen LogP contribution in [0.1, 0.15) is 50.3 Å². The van der Waals surface area contributed by atoms with Gasteiger partial charge >= 0.3 is 0 Å². The predicted molar refractivity (Wildman–Crippen MR) is 119 cm³/mol.